The molecular weight excluding hydrogens is 449 g/mol. The molecule has 1 aromatic carbocycles. The van der Waals surface area contributed by atoms with Crippen molar-refractivity contribution in [2.75, 3.05) is 4.90 Å². The van der Waals surface area contributed by atoms with Crippen LogP contribution < -0.4 is 10.2 Å². The molecule has 2 saturated heterocycles. The van der Waals surface area contributed by atoms with Crippen molar-refractivity contribution in [1.82, 2.24) is 40.7 Å². The average molecular weight is 485 g/mol. The fourth-order valence-corrected chi connectivity index (χ4v) is 5.58. The van der Waals surface area contributed by atoms with Gasteiger partial charge < -0.3 is 15.3 Å². The number of nitrogens with zero attached hydrogens (tertiary/aromatic N) is 8. The molecule has 2 N–H and O–H groups in total. The molecule has 6 rings (SSSR count). The highest BCUT2D eigenvalue weighted by atomic mass is 19.1. The van der Waals surface area contributed by atoms with Crippen molar-refractivity contribution >= 4 is 5.95 Å². The van der Waals surface area contributed by atoms with E-state index in [0.29, 0.717) is 23.4 Å². The van der Waals surface area contributed by atoms with Crippen LogP contribution in [0, 0.1) is 0 Å². The van der Waals surface area contributed by atoms with Crippen molar-refractivity contribution in [2.45, 2.75) is 81.6 Å². The lowest BCUT2D eigenvalue weighted by Crippen LogP contribution is -2.73. The second-order valence-corrected chi connectivity index (χ2v) is 10.1. The third kappa shape index (κ3) is 3.91. The van der Waals surface area contributed by atoms with Crippen LogP contribution in [0.5, 0.6) is 5.75 Å². The Balaban J connectivity index is 1.38. The quantitative estimate of drug-likeness (QED) is 0.563. The number of nitrogens with one attached hydrogen (secondary N) is 1. The summed E-state index contributed by atoms with van der Waals surface area (Å²) in [6.45, 7) is 3.75. The van der Waals surface area contributed by atoms with Crippen LogP contribution in [0.15, 0.2) is 24.4 Å². The molecule has 1 aliphatic carbocycles. The molecule has 0 radical (unpaired) electrons. The van der Waals surface area contributed by atoms with Gasteiger partial charge in [0.1, 0.15) is 17.6 Å². The van der Waals surface area contributed by atoms with E-state index in [1.807, 2.05) is 6.92 Å². The first-order valence-electron chi connectivity index (χ1n) is 14.1. The Hall–Kier alpha value is -3.21. The molecule has 4 atom stereocenters. The highest BCUT2D eigenvalue weighted by Gasteiger charge is 2.56. The number of anilines is 1. The van der Waals surface area contributed by atoms with Gasteiger partial charge in [0, 0.05) is 33.7 Å². The van der Waals surface area contributed by atoms with Gasteiger partial charge in [0.2, 0.25) is 11.8 Å². The Bertz CT molecular complexity index is 1460. The van der Waals surface area contributed by atoms with E-state index in [-0.39, 0.29) is 23.8 Å². The highest BCUT2D eigenvalue weighted by Crippen LogP contribution is 2.46. The molecule has 184 valence electrons. The third-order valence-electron chi connectivity index (χ3n) is 7.23. The number of hydrogen-bond acceptors (Lipinski definition) is 9. The number of aromatic nitrogens is 7. The zero-order valence-corrected chi connectivity index (χ0v) is 19.7. The van der Waals surface area contributed by atoms with Crippen LogP contribution in [-0.4, -0.2) is 69.8 Å². The number of hydrogen-bond donors (Lipinski definition) is 2. The maximum atomic E-state index is 16.3. The van der Waals surface area contributed by atoms with E-state index in [0.717, 1.165) is 17.7 Å². The molecule has 2 bridgehead atoms. The van der Waals surface area contributed by atoms with E-state index in [2.05, 4.69) is 35.9 Å². The Morgan fingerprint density at radius 1 is 1.26 bits per heavy atom. The largest absolute Gasteiger partial charge is 0.507 e. The molecule has 11 heteroatoms. The SMILES string of the molecule is [2H]C1([2H])C([2H])([2H])C1([2H])N(c1ncc(-c2ccc(-c3nnn(C)n3)cc2O)nn1)[C@@H]1C[C@@]2(C)CCC[C@](C)(N2)[C@@H]1F. The number of fused-ring (bicyclic) bond motifs is 2. The van der Waals surface area contributed by atoms with Gasteiger partial charge in [-0.25, -0.2) is 9.37 Å². The van der Waals surface area contributed by atoms with Crippen molar-refractivity contribution in [3.8, 4) is 28.4 Å². The number of halogens is 1. The zero-order chi connectivity index (χ0) is 28.9. The van der Waals surface area contributed by atoms with Gasteiger partial charge in [-0.2, -0.15) is 4.80 Å². The van der Waals surface area contributed by atoms with Crippen molar-refractivity contribution in [1.29, 1.82) is 0 Å². The Morgan fingerprint density at radius 2 is 2.09 bits per heavy atom. The number of phenolic OH excluding ortho intramolecular Hbond substituents is 1. The fourth-order valence-electron chi connectivity index (χ4n) is 5.58. The molecular formula is C24H30FN9O. The Labute approximate surface area is 210 Å². The number of phenols is 1. The third-order valence-corrected chi connectivity index (χ3v) is 7.23. The number of rotatable bonds is 5. The minimum atomic E-state index is -2.61. The lowest BCUT2D eigenvalue weighted by Gasteiger charge is -2.57. The minimum Gasteiger partial charge on any atom is -0.507 e. The van der Waals surface area contributed by atoms with Crippen LogP contribution in [0.2, 0.25) is 0 Å². The van der Waals surface area contributed by atoms with Gasteiger partial charge >= 0.3 is 0 Å². The van der Waals surface area contributed by atoms with Gasteiger partial charge in [0.05, 0.1) is 20.7 Å². The van der Waals surface area contributed by atoms with E-state index >= 15 is 4.39 Å². The van der Waals surface area contributed by atoms with Crippen molar-refractivity contribution < 1.29 is 16.4 Å². The predicted octanol–water partition coefficient (Wildman–Crippen LogP) is 2.80. The molecule has 3 aromatic rings. The number of aromatic hydroxyl groups is 1. The average Bonchev–Trinajstić information content (AvgIpc) is 3.18. The molecule has 35 heavy (non-hydrogen) atoms. The molecule has 3 aliphatic rings. The van der Waals surface area contributed by atoms with Gasteiger partial charge in [0.25, 0.3) is 0 Å². The van der Waals surface area contributed by atoms with Gasteiger partial charge in [-0.1, -0.05) is 6.07 Å². The van der Waals surface area contributed by atoms with Gasteiger partial charge in [-0.15, -0.1) is 20.4 Å². The first kappa shape index (κ1) is 17.3. The summed E-state index contributed by atoms with van der Waals surface area (Å²) in [5.41, 5.74) is -0.415. The van der Waals surface area contributed by atoms with Gasteiger partial charge in [-0.3, -0.25) is 0 Å². The smallest absolute Gasteiger partial charge is 0.245 e. The molecule has 4 heterocycles. The molecule has 0 spiro atoms. The topological polar surface area (TPSA) is 118 Å². The van der Waals surface area contributed by atoms with E-state index in [9.17, 15) is 5.11 Å². The van der Waals surface area contributed by atoms with Crippen molar-refractivity contribution in [3.63, 3.8) is 0 Å². The number of alkyl halides is 1. The highest BCUT2D eigenvalue weighted by molar-refractivity contribution is 5.71. The van der Waals surface area contributed by atoms with Crippen molar-refractivity contribution in [2.24, 2.45) is 7.05 Å². The summed E-state index contributed by atoms with van der Waals surface area (Å²) in [6.07, 6.45) is -3.12. The summed E-state index contributed by atoms with van der Waals surface area (Å²) in [5.74, 6) is -0.0693. The molecule has 1 saturated carbocycles. The summed E-state index contributed by atoms with van der Waals surface area (Å²) in [4.78, 5) is 6.69. The van der Waals surface area contributed by atoms with Crippen molar-refractivity contribution in [3.05, 3.63) is 24.4 Å². The first-order valence-corrected chi connectivity index (χ1v) is 11.6. The standard InChI is InChI=1S/C24H30FN9O/c1-23-9-4-10-24(2,31-23)20(25)18(12-23)34(15-6-7-15)22-26-13-17(27-29-22)16-8-5-14(11-19(16)35)21-28-32-33(3)30-21/h5,8,11,13,15,18,20,31,35H,4,6-7,9-10,12H2,1-3H3/t18-,20-,23-,24+/m1/s1/i6D2,7D2,15D. The molecule has 2 aromatic heterocycles. The van der Waals surface area contributed by atoms with Crippen LogP contribution in [0.25, 0.3) is 22.6 Å². The van der Waals surface area contributed by atoms with E-state index in [1.165, 1.54) is 17.1 Å². The van der Waals surface area contributed by atoms with Crippen LogP contribution >= 0.6 is 0 Å². The number of aryl methyl sites for hydroxylation is 1. The number of tetrazole rings is 1. The zero-order valence-electron chi connectivity index (χ0n) is 24.7. The molecule has 2 aliphatic heterocycles. The second kappa shape index (κ2) is 7.91. The van der Waals surface area contributed by atoms with Crippen LogP contribution in [0.4, 0.5) is 10.3 Å². The Kier molecular flexibility index (Phi) is 3.90. The number of benzene rings is 1. The summed E-state index contributed by atoms with van der Waals surface area (Å²) < 4.78 is 58.6. The maximum Gasteiger partial charge on any atom is 0.245 e. The maximum absolute atomic E-state index is 16.3. The Morgan fingerprint density at radius 3 is 2.74 bits per heavy atom. The van der Waals surface area contributed by atoms with Crippen LogP contribution in [0.1, 0.15) is 59.1 Å². The van der Waals surface area contributed by atoms with E-state index < -0.39 is 42.1 Å². The lowest BCUT2D eigenvalue weighted by molar-refractivity contribution is 0.0000875. The van der Waals surface area contributed by atoms with Crippen LogP contribution in [0.3, 0.4) is 0 Å². The summed E-state index contributed by atoms with van der Waals surface area (Å²) in [7, 11) is 1.62. The van der Waals surface area contributed by atoms with Gasteiger partial charge in [0.15, 0.2) is 0 Å². The normalized spacial score (nSPS) is 36.2. The minimum absolute atomic E-state index is 0.145. The predicted molar refractivity (Wildman–Crippen MR) is 127 cm³/mol. The molecule has 10 nitrogen and oxygen atoms in total. The summed E-state index contributed by atoms with van der Waals surface area (Å²) in [6, 6.07) is 1.17. The molecule has 0 unspecified atom stereocenters. The number of piperidine rings is 2. The van der Waals surface area contributed by atoms with E-state index in [1.54, 1.807) is 26.1 Å². The van der Waals surface area contributed by atoms with Crippen LogP contribution in [-0.2, 0) is 7.05 Å². The summed E-state index contributed by atoms with van der Waals surface area (Å²) in [5, 5.41) is 34.2. The monoisotopic (exact) mass is 484 g/mol. The molecule has 0 amide bonds. The van der Waals surface area contributed by atoms with E-state index in [4.69, 9.17) is 6.85 Å². The van der Waals surface area contributed by atoms with Gasteiger partial charge in [-0.05, 0) is 69.6 Å². The summed E-state index contributed by atoms with van der Waals surface area (Å²) >= 11 is 0. The first-order chi connectivity index (χ1) is 18.6. The second-order valence-electron chi connectivity index (χ2n) is 10.1. The lowest BCUT2D eigenvalue weighted by atomic mass is 9.68. The fraction of sp³-hybridized carbons (Fsp3) is 0.583. The molecule has 3 fully saturated rings.